The van der Waals surface area contributed by atoms with E-state index < -0.39 is 12.0 Å². The van der Waals surface area contributed by atoms with Crippen LogP contribution in [0.15, 0.2) is 48.5 Å². The van der Waals surface area contributed by atoms with E-state index in [0.29, 0.717) is 29.6 Å². The quantitative estimate of drug-likeness (QED) is 0.429. The van der Waals surface area contributed by atoms with Gasteiger partial charge in [0.1, 0.15) is 0 Å². The number of fused-ring (bicyclic) bond motifs is 2. The molecule has 1 unspecified atom stereocenters. The molecule has 0 aliphatic heterocycles. The van der Waals surface area contributed by atoms with Gasteiger partial charge in [0, 0.05) is 23.3 Å². The third-order valence-electron chi connectivity index (χ3n) is 7.99. The molecule has 1 fully saturated rings. The van der Waals surface area contributed by atoms with Crippen molar-refractivity contribution in [3.63, 3.8) is 0 Å². The Morgan fingerprint density at radius 2 is 2.00 bits per heavy atom. The van der Waals surface area contributed by atoms with Gasteiger partial charge in [-0.3, -0.25) is 9.78 Å². The third-order valence-corrected chi connectivity index (χ3v) is 7.99. The zero-order valence-corrected chi connectivity index (χ0v) is 21.0. The number of aliphatic hydroxyl groups is 1. The van der Waals surface area contributed by atoms with Gasteiger partial charge in [-0.25, -0.2) is 4.79 Å². The Bertz CT molecular complexity index is 1300. The van der Waals surface area contributed by atoms with Crippen molar-refractivity contribution in [2.75, 3.05) is 13.2 Å². The van der Waals surface area contributed by atoms with E-state index in [1.165, 1.54) is 30.5 Å². The van der Waals surface area contributed by atoms with Crippen LogP contribution in [0.5, 0.6) is 0 Å². The van der Waals surface area contributed by atoms with Crippen molar-refractivity contribution in [3.8, 4) is 0 Å². The molecule has 0 radical (unpaired) electrons. The van der Waals surface area contributed by atoms with Gasteiger partial charge in [0.05, 0.1) is 23.7 Å². The first-order valence-corrected chi connectivity index (χ1v) is 13.0. The van der Waals surface area contributed by atoms with Crippen LogP contribution in [0.3, 0.4) is 0 Å². The summed E-state index contributed by atoms with van der Waals surface area (Å²) in [5.74, 6) is 0.0926. The number of nitrogens with zero attached hydrogens (tertiary/aromatic N) is 1. The van der Waals surface area contributed by atoms with Crippen LogP contribution in [0.2, 0.25) is 0 Å². The number of hydrogen-bond acceptors (Lipinski definition) is 5. The first-order valence-electron chi connectivity index (χ1n) is 13.0. The molecule has 6 heteroatoms. The highest BCUT2D eigenvalue weighted by Crippen LogP contribution is 2.55. The van der Waals surface area contributed by atoms with E-state index in [4.69, 9.17) is 9.72 Å². The molecule has 5 rings (SSSR count). The number of rotatable bonds is 8. The van der Waals surface area contributed by atoms with Crippen molar-refractivity contribution in [1.29, 1.82) is 0 Å². The molecule has 2 atom stereocenters. The molecule has 188 valence electrons. The summed E-state index contributed by atoms with van der Waals surface area (Å²) in [6, 6.07) is 14.4. The van der Waals surface area contributed by atoms with Crippen LogP contribution in [0.1, 0.15) is 83.1 Å². The number of esters is 1. The number of ether oxygens (including phenoxy) is 1. The molecule has 2 aromatic carbocycles. The lowest BCUT2D eigenvalue weighted by atomic mass is 9.77. The number of benzene rings is 2. The molecule has 36 heavy (non-hydrogen) atoms. The Kier molecular flexibility index (Phi) is 6.80. The summed E-state index contributed by atoms with van der Waals surface area (Å²) < 4.78 is 5.10. The Hall–Kier alpha value is -3.25. The lowest BCUT2D eigenvalue weighted by Crippen LogP contribution is -2.29. The van der Waals surface area contributed by atoms with E-state index in [-0.39, 0.29) is 12.5 Å². The number of carbonyl (C=O) groups excluding carboxylic acids is 2. The average molecular weight is 487 g/mol. The second-order valence-corrected chi connectivity index (χ2v) is 10.5. The normalized spacial score (nSPS) is 18.8. The fourth-order valence-corrected chi connectivity index (χ4v) is 5.46. The first-order chi connectivity index (χ1) is 17.4. The minimum absolute atomic E-state index is 0.0948. The average Bonchev–Trinajstić information content (AvgIpc) is 3.65. The number of carbonyl (C=O) groups is 2. The molecule has 2 aliphatic rings. The Balaban J connectivity index is 1.37. The molecule has 0 bridgehead atoms. The van der Waals surface area contributed by atoms with Crippen LogP contribution >= 0.6 is 0 Å². The fraction of sp³-hybridized carbons (Fsp3) is 0.433. The van der Waals surface area contributed by atoms with Gasteiger partial charge in [0.25, 0.3) is 5.91 Å². The molecule has 2 aliphatic carbocycles. The number of aliphatic hydroxyl groups excluding tert-OH is 1. The molecule has 3 aromatic rings. The van der Waals surface area contributed by atoms with Gasteiger partial charge >= 0.3 is 5.97 Å². The minimum Gasteiger partial charge on any atom is -0.462 e. The highest BCUT2D eigenvalue weighted by molar-refractivity contribution is 5.98. The second-order valence-electron chi connectivity index (χ2n) is 10.5. The van der Waals surface area contributed by atoms with Gasteiger partial charge in [0.15, 0.2) is 0 Å². The van der Waals surface area contributed by atoms with Gasteiger partial charge < -0.3 is 15.2 Å². The SMILES string of the molecule is CCOC(=O)c1cccc([C@@H](CCO)NC(=O)c2ccc3nc4c(cc3c2)CC(C2(C)CC2)CC4)c1. The molecule has 2 N–H and O–H groups in total. The third kappa shape index (κ3) is 5.00. The number of aromatic nitrogens is 1. The summed E-state index contributed by atoms with van der Waals surface area (Å²) in [7, 11) is 0. The van der Waals surface area contributed by atoms with E-state index in [2.05, 4.69) is 18.3 Å². The largest absolute Gasteiger partial charge is 0.462 e. The van der Waals surface area contributed by atoms with Gasteiger partial charge in [-0.15, -0.1) is 0 Å². The molecule has 6 nitrogen and oxygen atoms in total. The van der Waals surface area contributed by atoms with Crippen molar-refractivity contribution in [2.45, 2.75) is 58.4 Å². The predicted molar refractivity (Wildman–Crippen MR) is 139 cm³/mol. The summed E-state index contributed by atoms with van der Waals surface area (Å²) in [5, 5.41) is 13.6. The monoisotopic (exact) mass is 486 g/mol. The lowest BCUT2D eigenvalue weighted by molar-refractivity contribution is 0.0526. The van der Waals surface area contributed by atoms with E-state index in [1.54, 1.807) is 31.2 Å². The highest BCUT2D eigenvalue weighted by atomic mass is 16.5. The summed E-state index contributed by atoms with van der Waals surface area (Å²) in [6.07, 6.45) is 6.31. The van der Waals surface area contributed by atoms with Gasteiger partial charge in [-0.2, -0.15) is 0 Å². The molecule has 1 heterocycles. The smallest absolute Gasteiger partial charge is 0.338 e. The summed E-state index contributed by atoms with van der Waals surface area (Å²) in [5.41, 5.74) is 5.65. The molecular formula is C30H34N2O4. The maximum Gasteiger partial charge on any atom is 0.338 e. The van der Waals surface area contributed by atoms with E-state index >= 15 is 0 Å². The number of amides is 1. The molecule has 0 spiro atoms. The standard InChI is InChI=1S/C30H34N2O4/c1-3-36-29(35)21-6-4-5-19(15-21)27(11-14-33)32-28(34)20-7-9-25-22(16-20)17-23-18-24(30(2)12-13-30)8-10-26(23)31-25/h4-7,9,15-17,24,27,33H,3,8,10-14,18H2,1-2H3,(H,32,34)/t24?,27-/m1/s1. The van der Waals surface area contributed by atoms with Crippen molar-refractivity contribution >= 4 is 22.8 Å². The Labute approximate surface area is 212 Å². The summed E-state index contributed by atoms with van der Waals surface area (Å²) >= 11 is 0. The molecule has 1 saturated carbocycles. The van der Waals surface area contributed by atoms with Gasteiger partial charge in [0.2, 0.25) is 0 Å². The minimum atomic E-state index is -0.436. The summed E-state index contributed by atoms with van der Waals surface area (Å²) in [6.45, 7) is 4.37. The predicted octanol–water partition coefficient (Wildman–Crippen LogP) is 5.17. The lowest BCUT2D eigenvalue weighted by Gasteiger charge is -2.29. The van der Waals surface area contributed by atoms with Crippen LogP contribution in [-0.4, -0.2) is 35.2 Å². The number of pyridine rings is 1. The highest BCUT2D eigenvalue weighted by Gasteiger charge is 2.45. The topological polar surface area (TPSA) is 88.5 Å². The number of aryl methyl sites for hydroxylation is 1. The second kappa shape index (κ2) is 10.0. The summed E-state index contributed by atoms with van der Waals surface area (Å²) in [4.78, 5) is 30.3. The Morgan fingerprint density at radius 3 is 2.75 bits per heavy atom. The maximum absolute atomic E-state index is 13.2. The molecule has 1 amide bonds. The zero-order valence-electron chi connectivity index (χ0n) is 21.0. The van der Waals surface area contributed by atoms with Crippen LogP contribution in [0, 0.1) is 11.3 Å². The van der Waals surface area contributed by atoms with E-state index in [1.807, 2.05) is 18.2 Å². The Morgan fingerprint density at radius 1 is 1.17 bits per heavy atom. The maximum atomic E-state index is 13.2. The molecular weight excluding hydrogens is 452 g/mol. The van der Waals surface area contributed by atoms with Crippen LogP contribution in [-0.2, 0) is 17.6 Å². The van der Waals surface area contributed by atoms with Crippen molar-refractivity contribution in [1.82, 2.24) is 10.3 Å². The van der Waals surface area contributed by atoms with E-state index in [0.717, 1.165) is 35.2 Å². The number of hydrogen-bond donors (Lipinski definition) is 2. The van der Waals surface area contributed by atoms with E-state index in [9.17, 15) is 14.7 Å². The molecule has 1 aromatic heterocycles. The van der Waals surface area contributed by atoms with Gasteiger partial charge in [-0.1, -0.05) is 19.1 Å². The first kappa shape index (κ1) is 24.4. The fourth-order valence-electron chi connectivity index (χ4n) is 5.46. The van der Waals surface area contributed by atoms with Crippen LogP contribution < -0.4 is 5.32 Å². The number of nitrogens with one attached hydrogen (secondary N) is 1. The van der Waals surface area contributed by atoms with Crippen molar-refractivity contribution in [2.24, 2.45) is 11.3 Å². The van der Waals surface area contributed by atoms with Crippen LogP contribution in [0.25, 0.3) is 10.9 Å². The van der Waals surface area contributed by atoms with Crippen molar-refractivity contribution < 1.29 is 19.4 Å². The van der Waals surface area contributed by atoms with Crippen molar-refractivity contribution in [3.05, 3.63) is 76.5 Å². The van der Waals surface area contributed by atoms with Crippen LogP contribution in [0.4, 0.5) is 0 Å². The zero-order chi connectivity index (χ0) is 25.3. The molecule has 0 saturated heterocycles. The van der Waals surface area contributed by atoms with Gasteiger partial charge in [-0.05, 0) is 104 Å².